The fourth-order valence-corrected chi connectivity index (χ4v) is 1.68. The van der Waals surface area contributed by atoms with Crippen molar-refractivity contribution in [2.75, 3.05) is 6.79 Å². The second-order valence-electron chi connectivity index (χ2n) is 3.76. The fourth-order valence-electron chi connectivity index (χ4n) is 1.68. The highest BCUT2D eigenvalue weighted by atomic mass is 16.7. The van der Waals surface area contributed by atoms with Crippen LogP contribution in [0, 0.1) is 0 Å². The lowest BCUT2D eigenvalue weighted by Gasteiger charge is -2.00. The SMILES string of the molecule is O=C(N/N=C/c1cccc2c1OCO2)c1ccco1. The van der Waals surface area contributed by atoms with Gasteiger partial charge >= 0.3 is 5.91 Å². The summed E-state index contributed by atoms with van der Waals surface area (Å²) < 4.78 is 15.5. The van der Waals surface area contributed by atoms with Crippen LogP contribution >= 0.6 is 0 Å². The minimum absolute atomic E-state index is 0.193. The highest BCUT2D eigenvalue weighted by molar-refractivity contribution is 5.92. The Hall–Kier alpha value is -2.76. The smallest absolute Gasteiger partial charge is 0.307 e. The van der Waals surface area contributed by atoms with Crippen molar-refractivity contribution in [2.24, 2.45) is 5.10 Å². The van der Waals surface area contributed by atoms with Crippen LogP contribution < -0.4 is 14.9 Å². The van der Waals surface area contributed by atoms with Crippen molar-refractivity contribution >= 4 is 12.1 Å². The summed E-state index contributed by atoms with van der Waals surface area (Å²) in [4.78, 5) is 11.6. The van der Waals surface area contributed by atoms with Crippen LogP contribution in [0.25, 0.3) is 0 Å². The predicted octanol–water partition coefficient (Wildman–Crippen LogP) is 1.77. The molecular weight excluding hydrogens is 248 g/mol. The molecule has 0 saturated carbocycles. The number of hydrogen-bond donors (Lipinski definition) is 1. The Morgan fingerprint density at radius 3 is 3.05 bits per heavy atom. The van der Waals surface area contributed by atoms with E-state index >= 15 is 0 Å². The maximum absolute atomic E-state index is 11.6. The quantitative estimate of drug-likeness (QED) is 0.672. The van der Waals surface area contributed by atoms with Crippen molar-refractivity contribution in [3.63, 3.8) is 0 Å². The fraction of sp³-hybridized carbons (Fsp3) is 0.0769. The molecule has 1 aliphatic heterocycles. The summed E-state index contributed by atoms with van der Waals surface area (Å²) in [5.74, 6) is 1.08. The van der Waals surface area contributed by atoms with Gasteiger partial charge in [0.05, 0.1) is 12.5 Å². The van der Waals surface area contributed by atoms with Crippen LogP contribution in [-0.4, -0.2) is 18.9 Å². The largest absolute Gasteiger partial charge is 0.459 e. The molecule has 0 aliphatic carbocycles. The highest BCUT2D eigenvalue weighted by Gasteiger charge is 2.16. The summed E-state index contributed by atoms with van der Waals surface area (Å²) in [6, 6.07) is 8.64. The molecular formula is C13H10N2O4. The van der Waals surface area contributed by atoms with E-state index in [9.17, 15) is 4.79 Å². The van der Waals surface area contributed by atoms with Gasteiger partial charge < -0.3 is 13.9 Å². The van der Waals surface area contributed by atoms with E-state index in [0.717, 1.165) is 5.56 Å². The van der Waals surface area contributed by atoms with Gasteiger partial charge in [0.15, 0.2) is 17.3 Å². The number of carbonyl (C=O) groups is 1. The number of furan rings is 1. The van der Waals surface area contributed by atoms with E-state index < -0.39 is 5.91 Å². The minimum Gasteiger partial charge on any atom is -0.459 e. The Morgan fingerprint density at radius 2 is 2.21 bits per heavy atom. The van der Waals surface area contributed by atoms with Gasteiger partial charge in [0.2, 0.25) is 6.79 Å². The normalized spacial score (nSPS) is 12.8. The molecule has 0 bridgehead atoms. The van der Waals surface area contributed by atoms with Crippen molar-refractivity contribution in [1.29, 1.82) is 0 Å². The number of para-hydroxylation sites is 1. The van der Waals surface area contributed by atoms with Crippen LogP contribution in [-0.2, 0) is 0 Å². The zero-order valence-corrected chi connectivity index (χ0v) is 9.83. The number of nitrogens with one attached hydrogen (secondary N) is 1. The Balaban J connectivity index is 1.70. The molecule has 1 aromatic heterocycles. The van der Waals surface area contributed by atoms with E-state index in [-0.39, 0.29) is 12.6 Å². The summed E-state index contributed by atoms with van der Waals surface area (Å²) in [5, 5.41) is 3.85. The van der Waals surface area contributed by atoms with E-state index in [4.69, 9.17) is 13.9 Å². The lowest BCUT2D eigenvalue weighted by atomic mass is 10.2. The molecule has 96 valence electrons. The molecule has 2 heterocycles. The maximum Gasteiger partial charge on any atom is 0.307 e. The molecule has 6 nitrogen and oxygen atoms in total. The molecule has 6 heteroatoms. The highest BCUT2D eigenvalue weighted by Crippen LogP contribution is 2.34. The molecule has 2 aromatic rings. The first-order valence-electron chi connectivity index (χ1n) is 5.60. The third-order valence-corrected chi connectivity index (χ3v) is 2.54. The van der Waals surface area contributed by atoms with Crippen molar-refractivity contribution < 1.29 is 18.7 Å². The molecule has 0 unspecified atom stereocenters. The molecule has 0 radical (unpaired) electrons. The minimum atomic E-state index is -0.411. The number of amides is 1. The van der Waals surface area contributed by atoms with Crippen LogP contribution in [0.2, 0.25) is 0 Å². The van der Waals surface area contributed by atoms with E-state index in [0.29, 0.717) is 11.5 Å². The monoisotopic (exact) mass is 258 g/mol. The first-order valence-corrected chi connectivity index (χ1v) is 5.60. The average molecular weight is 258 g/mol. The van der Waals surface area contributed by atoms with Crippen LogP contribution in [0.15, 0.2) is 46.1 Å². The zero-order valence-electron chi connectivity index (χ0n) is 9.83. The molecule has 0 saturated heterocycles. The van der Waals surface area contributed by atoms with Crippen molar-refractivity contribution in [1.82, 2.24) is 5.43 Å². The number of benzene rings is 1. The average Bonchev–Trinajstić information content (AvgIpc) is 3.10. The first-order chi connectivity index (χ1) is 9.34. The second kappa shape index (κ2) is 4.85. The van der Waals surface area contributed by atoms with E-state index in [2.05, 4.69) is 10.5 Å². The number of fused-ring (bicyclic) bond motifs is 1. The molecule has 1 amide bonds. The maximum atomic E-state index is 11.6. The van der Waals surface area contributed by atoms with Crippen molar-refractivity contribution in [3.05, 3.63) is 47.9 Å². The van der Waals surface area contributed by atoms with Gasteiger partial charge in [0.1, 0.15) is 0 Å². The Morgan fingerprint density at radius 1 is 1.26 bits per heavy atom. The number of hydrogen-bond acceptors (Lipinski definition) is 5. The lowest BCUT2D eigenvalue weighted by molar-refractivity contribution is 0.0927. The number of rotatable bonds is 3. The van der Waals surface area contributed by atoms with Gasteiger partial charge in [-0.15, -0.1) is 0 Å². The predicted molar refractivity (Wildman–Crippen MR) is 66.3 cm³/mol. The van der Waals surface area contributed by atoms with Crippen LogP contribution in [0.1, 0.15) is 16.1 Å². The summed E-state index contributed by atoms with van der Waals surface area (Å²) >= 11 is 0. The van der Waals surface area contributed by atoms with Gasteiger partial charge in [-0.1, -0.05) is 6.07 Å². The number of nitrogens with zero attached hydrogens (tertiary/aromatic N) is 1. The number of ether oxygens (including phenoxy) is 2. The van der Waals surface area contributed by atoms with Crippen LogP contribution in [0.5, 0.6) is 11.5 Å². The van der Waals surface area contributed by atoms with Gasteiger partial charge in [0, 0.05) is 5.56 Å². The summed E-state index contributed by atoms with van der Waals surface area (Å²) in [6.07, 6.45) is 2.92. The van der Waals surface area contributed by atoms with Crippen LogP contribution in [0.4, 0.5) is 0 Å². The Labute approximate surface area is 108 Å². The van der Waals surface area contributed by atoms with E-state index in [1.54, 1.807) is 18.2 Å². The van der Waals surface area contributed by atoms with Crippen molar-refractivity contribution in [2.45, 2.75) is 0 Å². The van der Waals surface area contributed by atoms with Gasteiger partial charge in [-0.2, -0.15) is 5.10 Å². The van der Waals surface area contributed by atoms with Gasteiger partial charge in [0.25, 0.3) is 0 Å². The van der Waals surface area contributed by atoms with Gasteiger partial charge in [-0.3, -0.25) is 4.79 Å². The second-order valence-corrected chi connectivity index (χ2v) is 3.76. The molecule has 0 fully saturated rings. The molecule has 1 N–H and O–H groups in total. The number of hydrazone groups is 1. The standard InChI is InChI=1S/C13H10N2O4/c16-13(11-5-2-6-17-11)15-14-7-9-3-1-4-10-12(9)19-8-18-10/h1-7H,8H2,(H,15,16)/b14-7+. The summed E-state index contributed by atoms with van der Waals surface area (Å²) in [6.45, 7) is 0.193. The van der Waals surface area contributed by atoms with Crippen LogP contribution in [0.3, 0.4) is 0 Å². The molecule has 1 aliphatic rings. The molecule has 1 aromatic carbocycles. The molecule has 0 spiro atoms. The van der Waals surface area contributed by atoms with E-state index in [1.807, 2.05) is 12.1 Å². The zero-order chi connectivity index (χ0) is 13.1. The lowest BCUT2D eigenvalue weighted by Crippen LogP contribution is -2.16. The first kappa shape index (κ1) is 11.3. The van der Waals surface area contributed by atoms with Gasteiger partial charge in [-0.05, 0) is 24.3 Å². The summed E-state index contributed by atoms with van der Waals surface area (Å²) in [7, 11) is 0. The third kappa shape index (κ3) is 2.28. The topological polar surface area (TPSA) is 73.1 Å². The van der Waals surface area contributed by atoms with Crippen molar-refractivity contribution in [3.8, 4) is 11.5 Å². The van der Waals surface area contributed by atoms with Gasteiger partial charge in [-0.25, -0.2) is 5.43 Å². The summed E-state index contributed by atoms with van der Waals surface area (Å²) in [5.41, 5.74) is 3.10. The molecule has 19 heavy (non-hydrogen) atoms. The third-order valence-electron chi connectivity index (χ3n) is 2.54. The number of carbonyl (C=O) groups excluding carboxylic acids is 1. The Bertz CT molecular complexity index is 620. The molecule has 0 atom stereocenters. The molecule has 3 rings (SSSR count). The van der Waals surface area contributed by atoms with E-state index in [1.165, 1.54) is 12.5 Å². The Kier molecular flexibility index (Phi) is 2.89.